The number of hydrogen-bond donors (Lipinski definition) is 3. The van der Waals surface area contributed by atoms with Crippen LogP contribution < -0.4 is 17.0 Å². The Kier molecular flexibility index (Phi) is 9.03. The van der Waals surface area contributed by atoms with Crippen molar-refractivity contribution in [3.63, 3.8) is 0 Å². The van der Waals surface area contributed by atoms with Crippen LogP contribution in [0.5, 0.6) is 0 Å². The predicted octanol–water partition coefficient (Wildman–Crippen LogP) is 1.75. The normalized spacial score (nSPS) is 10.1. The molecule has 10 heteroatoms. The number of amides is 1. The van der Waals surface area contributed by atoms with Gasteiger partial charge in [-0.1, -0.05) is 30.3 Å². The van der Waals surface area contributed by atoms with E-state index in [9.17, 15) is 14.4 Å². The Labute approximate surface area is 179 Å². The highest BCUT2D eigenvalue weighted by Crippen LogP contribution is 2.14. The van der Waals surface area contributed by atoms with Crippen LogP contribution in [-0.4, -0.2) is 38.8 Å². The van der Waals surface area contributed by atoms with Crippen LogP contribution in [0.3, 0.4) is 0 Å². The van der Waals surface area contributed by atoms with E-state index in [1.165, 1.54) is 0 Å². The van der Waals surface area contributed by atoms with Gasteiger partial charge in [0.2, 0.25) is 0 Å². The molecular formula is C19H23Cl2N5O3. The summed E-state index contributed by atoms with van der Waals surface area (Å²) in [5.74, 6) is -0.279. The quantitative estimate of drug-likeness (QED) is 0.539. The second-order valence-electron chi connectivity index (χ2n) is 6.31. The number of carbonyl (C=O) groups excluding carboxylic acids is 1. The van der Waals surface area contributed by atoms with Gasteiger partial charge in [-0.15, -0.1) is 24.8 Å². The molecule has 156 valence electrons. The van der Waals surface area contributed by atoms with Gasteiger partial charge in [0, 0.05) is 13.1 Å². The van der Waals surface area contributed by atoms with Crippen LogP contribution in [0.4, 0.5) is 0 Å². The SMILES string of the molecule is Cc1cc(C(=O)N(CCCN)Cc2ccccc2)nc2[nH]c(=O)[nH]c(=O)c12.Cl.Cl. The zero-order valence-electron chi connectivity index (χ0n) is 15.8. The number of nitrogens with two attached hydrogens (primary N) is 1. The Balaban J connectivity index is 0.00000210. The number of fused-ring (bicyclic) bond motifs is 1. The maximum absolute atomic E-state index is 13.1. The Bertz CT molecular complexity index is 1080. The number of aryl methyl sites for hydroxylation is 1. The minimum Gasteiger partial charge on any atom is -0.333 e. The lowest BCUT2D eigenvalue weighted by Crippen LogP contribution is -2.33. The first-order chi connectivity index (χ1) is 13.0. The summed E-state index contributed by atoms with van der Waals surface area (Å²) in [6.45, 7) is 3.07. The van der Waals surface area contributed by atoms with Gasteiger partial charge in [-0.25, -0.2) is 9.78 Å². The number of carbonyl (C=O) groups is 1. The van der Waals surface area contributed by atoms with Crippen molar-refractivity contribution in [3.05, 3.63) is 74.1 Å². The Morgan fingerprint density at radius 2 is 1.83 bits per heavy atom. The Hall–Kier alpha value is -2.68. The second kappa shape index (κ2) is 10.8. The van der Waals surface area contributed by atoms with Gasteiger partial charge < -0.3 is 10.6 Å². The summed E-state index contributed by atoms with van der Waals surface area (Å²) in [5, 5.41) is 0.266. The predicted molar refractivity (Wildman–Crippen MR) is 117 cm³/mol. The first kappa shape index (κ1) is 24.4. The van der Waals surface area contributed by atoms with Crippen molar-refractivity contribution >= 4 is 41.8 Å². The molecule has 4 N–H and O–H groups in total. The molecule has 0 fully saturated rings. The number of halogens is 2. The van der Waals surface area contributed by atoms with Gasteiger partial charge >= 0.3 is 5.69 Å². The van der Waals surface area contributed by atoms with E-state index >= 15 is 0 Å². The molecule has 0 unspecified atom stereocenters. The van der Waals surface area contributed by atoms with Gasteiger partial charge in [0.05, 0.1) is 5.39 Å². The molecule has 2 aromatic heterocycles. The smallest absolute Gasteiger partial charge is 0.327 e. The van der Waals surface area contributed by atoms with Crippen LogP contribution in [-0.2, 0) is 6.54 Å². The summed E-state index contributed by atoms with van der Waals surface area (Å²) in [7, 11) is 0. The van der Waals surface area contributed by atoms with Crippen LogP contribution in [0.15, 0.2) is 46.0 Å². The lowest BCUT2D eigenvalue weighted by Gasteiger charge is -2.22. The Morgan fingerprint density at radius 1 is 1.14 bits per heavy atom. The standard InChI is InChI=1S/C19H21N5O3.2ClH/c1-12-10-14(21-16-15(12)17(25)23-19(27)22-16)18(26)24(9-5-8-20)11-13-6-3-2-4-7-13;;/h2-4,6-7,10H,5,8-9,11,20H2,1H3,(H2,21,22,23,25,27);2*1H. The summed E-state index contributed by atoms with van der Waals surface area (Å²) in [5.41, 5.74) is 6.26. The fourth-order valence-electron chi connectivity index (χ4n) is 2.96. The van der Waals surface area contributed by atoms with Crippen molar-refractivity contribution in [1.29, 1.82) is 0 Å². The van der Waals surface area contributed by atoms with Crippen LogP contribution in [0.1, 0.15) is 28.0 Å². The molecule has 1 amide bonds. The molecule has 0 bridgehead atoms. The summed E-state index contributed by atoms with van der Waals surface area (Å²) in [6, 6.07) is 11.2. The van der Waals surface area contributed by atoms with Crippen molar-refractivity contribution in [2.24, 2.45) is 5.73 Å². The lowest BCUT2D eigenvalue weighted by atomic mass is 10.1. The number of H-pyrrole nitrogens is 2. The molecule has 3 aromatic rings. The average Bonchev–Trinajstić information content (AvgIpc) is 2.64. The Morgan fingerprint density at radius 3 is 2.48 bits per heavy atom. The number of rotatable bonds is 6. The van der Waals surface area contributed by atoms with Gasteiger partial charge in [0.25, 0.3) is 11.5 Å². The summed E-state index contributed by atoms with van der Waals surface area (Å²) in [4.78, 5) is 47.2. The van der Waals surface area contributed by atoms with Gasteiger partial charge in [0.15, 0.2) is 0 Å². The number of hydrogen-bond acceptors (Lipinski definition) is 5. The first-order valence-electron chi connectivity index (χ1n) is 8.67. The highest BCUT2D eigenvalue weighted by atomic mass is 35.5. The van der Waals surface area contributed by atoms with E-state index in [1.807, 2.05) is 30.3 Å². The molecular weight excluding hydrogens is 417 g/mol. The minimum atomic E-state index is -0.659. The topological polar surface area (TPSA) is 125 Å². The van der Waals surface area contributed by atoms with E-state index in [4.69, 9.17) is 5.73 Å². The van der Waals surface area contributed by atoms with Crippen molar-refractivity contribution in [1.82, 2.24) is 19.9 Å². The maximum atomic E-state index is 13.1. The van der Waals surface area contributed by atoms with Crippen LogP contribution >= 0.6 is 24.8 Å². The highest BCUT2D eigenvalue weighted by molar-refractivity contribution is 5.95. The third-order valence-electron chi connectivity index (χ3n) is 4.26. The van der Waals surface area contributed by atoms with E-state index in [0.717, 1.165) is 5.56 Å². The number of nitrogens with zero attached hydrogens (tertiary/aromatic N) is 2. The molecule has 3 rings (SSSR count). The average molecular weight is 440 g/mol. The highest BCUT2D eigenvalue weighted by Gasteiger charge is 2.19. The van der Waals surface area contributed by atoms with E-state index in [0.29, 0.717) is 31.6 Å². The molecule has 29 heavy (non-hydrogen) atoms. The molecule has 0 saturated carbocycles. The number of benzene rings is 1. The fraction of sp³-hybridized carbons (Fsp3) is 0.263. The number of nitrogens with one attached hydrogen (secondary N) is 2. The molecule has 0 radical (unpaired) electrons. The fourth-order valence-corrected chi connectivity index (χ4v) is 2.96. The summed E-state index contributed by atoms with van der Waals surface area (Å²) >= 11 is 0. The summed E-state index contributed by atoms with van der Waals surface area (Å²) in [6.07, 6.45) is 0.654. The van der Waals surface area contributed by atoms with Crippen molar-refractivity contribution in [2.45, 2.75) is 19.9 Å². The molecule has 0 aliphatic heterocycles. The van der Waals surface area contributed by atoms with Crippen molar-refractivity contribution in [2.75, 3.05) is 13.1 Å². The molecule has 0 spiro atoms. The van der Waals surface area contributed by atoms with Gasteiger partial charge in [-0.3, -0.25) is 19.6 Å². The van der Waals surface area contributed by atoms with Crippen molar-refractivity contribution in [3.8, 4) is 0 Å². The van der Waals surface area contributed by atoms with E-state index < -0.39 is 11.2 Å². The minimum absolute atomic E-state index is 0. The molecule has 2 heterocycles. The molecule has 0 saturated heterocycles. The van der Waals surface area contributed by atoms with Crippen LogP contribution in [0.25, 0.3) is 11.0 Å². The van der Waals surface area contributed by atoms with Crippen LogP contribution in [0.2, 0.25) is 0 Å². The third kappa shape index (κ3) is 5.66. The molecule has 8 nitrogen and oxygen atoms in total. The largest absolute Gasteiger partial charge is 0.333 e. The van der Waals surface area contributed by atoms with E-state index in [1.54, 1.807) is 17.9 Å². The summed E-state index contributed by atoms with van der Waals surface area (Å²) < 4.78 is 0. The zero-order valence-corrected chi connectivity index (χ0v) is 17.4. The van der Waals surface area contributed by atoms with Crippen molar-refractivity contribution < 1.29 is 4.79 Å². The molecule has 0 aliphatic carbocycles. The third-order valence-corrected chi connectivity index (χ3v) is 4.26. The molecule has 0 aliphatic rings. The molecule has 1 aromatic carbocycles. The number of aromatic nitrogens is 3. The van der Waals surface area contributed by atoms with Gasteiger partial charge in [0.1, 0.15) is 11.3 Å². The van der Waals surface area contributed by atoms with Gasteiger partial charge in [-0.05, 0) is 37.1 Å². The number of pyridine rings is 1. The van der Waals surface area contributed by atoms with Gasteiger partial charge in [-0.2, -0.15) is 0 Å². The first-order valence-corrected chi connectivity index (χ1v) is 8.67. The maximum Gasteiger partial charge on any atom is 0.327 e. The zero-order chi connectivity index (χ0) is 19.4. The van der Waals surface area contributed by atoms with Crippen LogP contribution in [0, 0.1) is 6.92 Å². The van der Waals surface area contributed by atoms with E-state index in [2.05, 4.69) is 15.0 Å². The van der Waals surface area contributed by atoms with E-state index in [-0.39, 0.29) is 47.4 Å². The number of aromatic amines is 2. The monoisotopic (exact) mass is 439 g/mol. The lowest BCUT2D eigenvalue weighted by molar-refractivity contribution is 0.0736. The molecule has 0 atom stereocenters. The second-order valence-corrected chi connectivity index (χ2v) is 6.31.